The number of aromatic hydroxyl groups is 1. The van der Waals surface area contributed by atoms with Gasteiger partial charge in [-0.2, -0.15) is 0 Å². The fourth-order valence-electron chi connectivity index (χ4n) is 2.64. The molecule has 1 unspecified atom stereocenters. The molecule has 104 valence electrons. The Morgan fingerprint density at radius 2 is 1.85 bits per heavy atom. The van der Waals surface area contributed by atoms with E-state index >= 15 is 0 Å². The average Bonchev–Trinajstić information content (AvgIpc) is 2.78. The predicted molar refractivity (Wildman–Crippen MR) is 83.7 cm³/mol. The van der Waals surface area contributed by atoms with E-state index in [1.54, 1.807) is 12.1 Å². The Bertz CT molecular complexity index is 650. The molecule has 20 heavy (non-hydrogen) atoms. The number of nitrogen functional groups attached to an aromatic ring is 1. The van der Waals surface area contributed by atoms with Crippen molar-refractivity contribution >= 4 is 34.6 Å². The van der Waals surface area contributed by atoms with Crippen LogP contribution in [0.1, 0.15) is 23.6 Å². The van der Waals surface area contributed by atoms with Crippen molar-refractivity contribution < 1.29 is 5.11 Å². The zero-order chi connectivity index (χ0) is 14.3. The summed E-state index contributed by atoms with van der Waals surface area (Å²) in [4.78, 5) is 0. The van der Waals surface area contributed by atoms with Gasteiger partial charge in [0.1, 0.15) is 0 Å². The molecule has 4 N–H and O–H groups in total. The van der Waals surface area contributed by atoms with Crippen LogP contribution in [0.3, 0.4) is 0 Å². The van der Waals surface area contributed by atoms with E-state index in [4.69, 9.17) is 28.9 Å². The molecule has 2 aromatic carbocycles. The molecule has 0 radical (unpaired) electrons. The van der Waals surface area contributed by atoms with Crippen LogP contribution in [-0.4, -0.2) is 5.11 Å². The van der Waals surface area contributed by atoms with Crippen molar-refractivity contribution in [1.29, 1.82) is 0 Å². The summed E-state index contributed by atoms with van der Waals surface area (Å²) >= 11 is 11.9. The lowest BCUT2D eigenvalue weighted by Gasteiger charge is -2.16. The maximum absolute atomic E-state index is 9.57. The van der Waals surface area contributed by atoms with Gasteiger partial charge in [0.2, 0.25) is 0 Å². The Hall–Kier alpha value is -1.58. The smallest absolute Gasteiger partial charge is 0.152 e. The number of rotatable bonds is 2. The van der Waals surface area contributed by atoms with Crippen LogP contribution in [-0.2, 0) is 6.42 Å². The van der Waals surface area contributed by atoms with Crippen LogP contribution in [0.4, 0.5) is 11.4 Å². The van der Waals surface area contributed by atoms with Crippen LogP contribution in [0.25, 0.3) is 0 Å². The molecule has 0 aromatic heterocycles. The van der Waals surface area contributed by atoms with Gasteiger partial charge in [-0.05, 0) is 48.2 Å². The third kappa shape index (κ3) is 2.39. The minimum absolute atomic E-state index is 0.0847. The SMILES string of the molecule is Nc1ccc2c(c1)CCC2Nc1cc(Cl)c(O)c(Cl)c1. The van der Waals surface area contributed by atoms with Crippen molar-refractivity contribution in [3.05, 3.63) is 51.5 Å². The lowest BCUT2D eigenvalue weighted by molar-refractivity contribution is 0.476. The van der Waals surface area contributed by atoms with Crippen molar-refractivity contribution in [2.75, 3.05) is 11.1 Å². The van der Waals surface area contributed by atoms with Crippen molar-refractivity contribution in [3.8, 4) is 5.75 Å². The molecule has 1 aliphatic carbocycles. The van der Waals surface area contributed by atoms with Gasteiger partial charge >= 0.3 is 0 Å². The topological polar surface area (TPSA) is 58.3 Å². The molecule has 0 spiro atoms. The number of benzene rings is 2. The number of anilines is 2. The van der Waals surface area contributed by atoms with Crippen molar-refractivity contribution in [1.82, 2.24) is 0 Å². The summed E-state index contributed by atoms with van der Waals surface area (Å²) in [5.74, 6) is -0.0847. The monoisotopic (exact) mass is 308 g/mol. The summed E-state index contributed by atoms with van der Waals surface area (Å²) in [7, 11) is 0. The third-order valence-electron chi connectivity index (χ3n) is 3.60. The minimum Gasteiger partial charge on any atom is -0.505 e. The van der Waals surface area contributed by atoms with Crippen molar-refractivity contribution in [2.24, 2.45) is 0 Å². The number of phenols is 1. The van der Waals surface area contributed by atoms with Crippen molar-refractivity contribution in [3.63, 3.8) is 0 Å². The molecule has 2 aromatic rings. The van der Waals surface area contributed by atoms with Crippen molar-refractivity contribution in [2.45, 2.75) is 18.9 Å². The van der Waals surface area contributed by atoms with E-state index in [1.807, 2.05) is 12.1 Å². The summed E-state index contributed by atoms with van der Waals surface area (Å²) in [6.07, 6.45) is 1.99. The zero-order valence-corrected chi connectivity index (χ0v) is 12.2. The molecule has 0 fully saturated rings. The Morgan fingerprint density at radius 3 is 2.55 bits per heavy atom. The van der Waals surface area contributed by atoms with Crippen LogP contribution in [0.2, 0.25) is 10.0 Å². The summed E-state index contributed by atoms with van der Waals surface area (Å²) in [6, 6.07) is 9.56. The highest BCUT2D eigenvalue weighted by Crippen LogP contribution is 2.38. The molecule has 0 saturated heterocycles. The second-order valence-electron chi connectivity index (χ2n) is 4.98. The molecule has 5 heteroatoms. The zero-order valence-electron chi connectivity index (χ0n) is 10.7. The number of fused-ring (bicyclic) bond motifs is 1. The highest BCUT2D eigenvalue weighted by atomic mass is 35.5. The Labute approximate surface area is 127 Å². The lowest BCUT2D eigenvalue weighted by atomic mass is 10.1. The fourth-order valence-corrected chi connectivity index (χ4v) is 3.12. The number of hydrogen-bond acceptors (Lipinski definition) is 3. The van der Waals surface area contributed by atoms with E-state index in [9.17, 15) is 5.11 Å². The highest BCUT2D eigenvalue weighted by Gasteiger charge is 2.22. The molecule has 1 aliphatic rings. The number of nitrogens with one attached hydrogen (secondary N) is 1. The van der Waals surface area contributed by atoms with E-state index in [0.29, 0.717) is 0 Å². The molecule has 0 heterocycles. The van der Waals surface area contributed by atoms with Crippen LogP contribution >= 0.6 is 23.2 Å². The van der Waals surface area contributed by atoms with Gasteiger partial charge in [0.15, 0.2) is 5.75 Å². The molecule has 0 aliphatic heterocycles. The maximum atomic E-state index is 9.57. The Morgan fingerprint density at radius 1 is 1.15 bits per heavy atom. The van der Waals surface area contributed by atoms with Crippen LogP contribution < -0.4 is 11.1 Å². The summed E-state index contributed by atoms with van der Waals surface area (Å²) in [6.45, 7) is 0. The normalized spacial score (nSPS) is 17.0. The molecular weight excluding hydrogens is 295 g/mol. The molecule has 3 rings (SSSR count). The standard InChI is InChI=1S/C15H14Cl2N2O/c16-12-6-10(7-13(17)15(12)20)19-14-4-1-8-5-9(18)2-3-11(8)14/h2-3,5-7,14,19-20H,1,4,18H2. The number of halogens is 2. The van der Waals surface area contributed by atoms with E-state index in [1.165, 1.54) is 11.1 Å². The first-order valence-corrected chi connectivity index (χ1v) is 7.13. The quantitative estimate of drug-likeness (QED) is 0.570. The van der Waals surface area contributed by atoms with E-state index in [0.717, 1.165) is 24.2 Å². The van der Waals surface area contributed by atoms with Gasteiger partial charge in [0, 0.05) is 11.4 Å². The molecule has 0 bridgehead atoms. The van der Waals surface area contributed by atoms with Crippen LogP contribution in [0.5, 0.6) is 5.75 Å². The summed E-state index contributed by atoms with van der Waals surface area (Å²) in [5.41, 5.74) is 9.92. The molecule has 1 atom stereocenters. The number of nitrogens with two attached hydrogens (primary N) is 1. The summed E-state index contributed by atoms with van der Waals surface area (Å²) in [5, 5.41) is 13.5. The molecule has 0 saturated carbocycles. The second kappa shape index (κ2) is 5.08. The van der Waals surface area contributed by atoms with Gasteiger partial charge in [0.05, 0.1) is 16.1 Å². The minimum atomic E-state index is -0.0847. The lowest BCUT2D eigenvalue weighted by Crippen LogP contribution is -2.07. The number of hydrogen-bond donors (Lipinski definition) is 3. The fraction of sp³-hybridized carbons (Fsp3) is 0.200. The van der Waals surface area contributed by atoms with E-state index in [2.05, 4.69) is 11.4 Å². The molecular formula is C15H14Cl2N2O. The van der Waals surface area contributed by atoms with E-state index in [-0.39, 0.29) is 21.8 Å². The van der Waals surface area contributed by atoms with Gasteiger partial charge in [-0.3, -0.25) is 0 Å². The molecule has 0 amide bonds. The van der Waals surface area contributed by atoms with Gasteiger partial charge in [-0.1, -0.05) is 29.3 Å². The average molecular weight is 309 g/mol. The first-order valence-electron chi connectivity index (χ1n) is 6.37. The largest absolute Gasteiger partial charge is 0.505 e. The first kappa shape index (κ1) is 13.4. The Balaban J connectivity index is 1.87. The third-order valence-corrected chi connectivity index (χ3v) is 4.18. The number of aryl methyl sites for hydroxylation is 1. The number of phenolic OH excluding ortho intramolecular Hbond substituents is 1. The highest BCUT2D eigenvalue weighted by molar-refractivity contribution is 6.37. The van der Waals surface area contributed by atoms with Gasteiger partial charge in [0.25, 0.3) is 0 Å². The van der Waals surface area contributed by atoms with E-state index < -0.39 is 0 Å². The van der Waals surface area contributed by atoms with Gasteiger partial charge < -0.3 is 16.2 Å². The van der Waals surface area contributed by atoms with Crippen LogP contribution in [0, 0.1) is 0 Å². The Kier molecular flexibility index (Phi) is 3.40. The maximum Gasteiger partial charge on any atom is 0.152 e. The van der Waals surface area contributed by atoms with Crippen LogP contribution in [0.15, 0.2) is 30.3 Å². The predicted octanol–water partition coefficient (Wildman–Crippen LogP) is 4.38. The van der Waals surface area contributed by atoms with Gasteiger partial charge in [-0.15, -0.1) is 0 Å². The first-order chi connectivity index (χ1) is 9.54. The summed E-state index contributed by atoms with van der Waals surface area (Å²) < 4.78 is 0. The molecule has 3 nitrogen and oxygen atoms in total. The second-order valence-corrected chi connectivity index (χ2v) is 5.80. The van der Waals surface area contributed by atoms with Gasteiger partial charge in [-0.25, -0.2) is 0 Å².